The van der Waals surface area contributed by atoms with E-state index in [0.29, 0.717) is 17.1 Å². The molecule has 2 aromatic carbocycles. The summed E-state index contributed by atoms with van der Waals surface area (Å²) in [6, 6.07) is 15.4. The number of carbonyl (C=O) groups excluding carboxylic acids is 1. The van der Waals surface area contributed by atoms with Gasteiger partial charge in [0.15, 0.2) is 0 Å². The van der Waals surface area contributed by atoms with E-state index in [1.807, 2.05) is 62.4 Å². The van der Waals surface area contributed by atoms with Gasteiger partial charge in [0.1, 0.15) is 5.15 Å². The van der Waals surface area contributed by atoms with Crippen LogP contribution in [0.4, 0.5) is 0 Å². The number of hydrogen-bond acceptors (Lipinski definition) is 4. The van der Waals surface area contributed by atoms with Gasteiger partial charge in [-0.1, -0.05) is 53.6 Å². The molecule has 1 N–H and O–H groups in total. The SMILES string of the molecule is Cc1cccc(C2=NN(C(=O)CCC(=O)O)C(c3cc4ccc(C)cc4nc3Cl)C2)c1. The number of aliphatic carboxylic acids is 1. The summed E-state index contributed by atoms with van der Waals surface area (Å²) < 4.78 is 0. The van der Waals surface area contributed by atoms with Gasteiger partial charge in [0, 0.05) is 23.8 Å². The van der Waals surface area contributed by atoms with E-state index in [1.54, 1.807) is 0 Å². The Morgan fingerprint density at radius 2 is 1.87 bits per heavy atom. The van der Waals surface area contributed by atoms with Gasteiger partial charge in [-0.25, -0.2) is 9.99 Å². The smallest absolute Gasteiger partial charge is 0.303 e. The fourth-order valence-corrected chi connectivity index (χ4v) is 4.09. The number of aryl methyl sites for hydroxylation is 2. The van der Waals surface area contributed by atoms with E-state index < -0.39 is 12.0 Å². The average molecular weight is 436 g/mol. The lowest BCUT2D eigenvalue weighted by Crippen LogP contribution is -2.27. The summed E-state index contributed by atoms with van der Waals surface area (Å²) in [7, 11) is 0. The largest absolute Gasteiger partial charge is 0.481 e. The van der Waals surface area contributed by atoms with E-state index in [4.69, 9.17) is 16.7 Å². The van der Waals surface area contributed by atoms with Crippen molar-refractivity contribution in [3.63, 3.8) is 0 Å². The number of hydrazone groups is 1. The predicted octanol–water partition coefficient (Wildman–Crippen LogP) is 5.05. The lowest BCUT2D eigenvalue weighted by molar-refractivity contribution is -0.141. The second-order valence-corrected chi connectivity index (χ2v) is 8.19. The number of nitrogens with zero attached hydrogens (tertiary/aromatic N) is 3. The van der Waals surface area contributed by atoms with Crippen LogP contribution in [0.1, 0.15) is 47.6 Å². The van der Waals surface area contributed by atoms with Crippen molar-refractivity contribution < 1.29 is 14.7 Å². The van der Waals surface area contributed by atoms with Crippen LogP contribution in [-0.4, -0.2) is 32.7 Å². The Morgan fingerprint density at radius 3 is 2.61 bits per heavy atom. The van der Waals surface area contributed by atoms with Crippen LogP contribution in [0.2, 0.25) is 5.15 Å². The molecule has 0 saturated carbocycles. The molecule has 1 aliphatic heterocycles. The normalized spacial score (nSPS) is 15.9. The molecule has 1 unspecified atom stereocenters. The molecular formula is C24H22ClN3O3. The Balaban J connectivity index is 1.75. The third kappa shape index (κ3) is 4.44. The molecule has 1 aliphatic rings. The minimum absolute atomic E-state index is 0.131. The van der Waals surface area contributed by atoms with Crippen LogP contribution < -0.4 is 0 Å². The van der Waals surface area contributed by atoms with Gasteiger partial charge < -0.3 is 5.11 Å². The van der Waals surface area contributed by atoms with Crippen LogP contribution in [-0.2, 0) is 9.59 Å². The number of carboxylic acids is 1. The zero-order chi connectivity index (χ0) is 22.1. The monoisotopic (exact) mass is 435 g/mol. The quantitative estimate of drug-likeness (QED) is 0.568. The second-order valence-electron chi connectivity index (χ2n) is 7.83. The van der Waals surface area contributed by atoms with Crippen molar-refractivity contribution in [3.05, 3.63) is 75.9 Å². The summed E-state index contributed by atoms with van der Waals surface area (Å²) in [5.74, 6) is -1.37. The molecule has 0 spiro atoms. The molecule has 2 heterocycles. The van der Waals surface area contributed by atoms with Crippen molar-refractivity contribution in [3.8, 4) is 0 Å². The van der Waals surface area contributed by atoms with E-state index in [-0.39, 0.29) is 18.7 Å². The van der Waals surface area contributed by atoms with Gasteiger partial charge in [-0.3, -0.25) is 9.59 Å². The first-order valence-corrected chi connectivity index (χ1v) is 10.4. The number of rotatable bonds is 5. The highest BCUT2D eigenvalue weighted by molar-refractivity contribution is 6.30. The molecule has 3 aromatic rings. The Hall–Kier alpha value is -3.25. The summed E-state index contributed by atoms with van der Waals surface area (Å²) in [6.45, 7) is 3.99. The molecule has 7 heteroatoms. The average Bonchev–Trinajstić information content (AvgIpc) is 3.16. The maximum atomic E-state index is 12.9. The number of carboxylic acid groups (broad SMARTS) is 1. The Morgan fingerprint density at radius 1 is 1.10 bits per heavy atom. The third-order valence-electron chi connectivity index (χ3n) is 5.38. The number of aromatic nitrogens is 1. The minimum atomic E-state index is -1.02. The van der Waals surface area contributed by atoms with Crippen molar-refractivity contribution in [1.82, 2.24) is 9.99 Å². The van der Waals surface area contributed by atoms with Crippen molar-refractivity contribution >= 4 is 40.1 Å². The van der Waals surface area contributed by atoms with Crippen molar-refractivity contribution in [2.75, 3.05) is 0 Å². The van der Waals surface area contributed by atoms with E-state index in [0.717, 1.165) is 33.3 Å². The zero-order valence-corrected chi connectivity index (χ0v) is 18.1. The topological polar surface area (TPSA) is 82.9 Å². The van der Waals surface area contributed by atoms with Crippen molar-refractivity contribution in [2.45, 2.75) is 39.2 Å². The van der Waals surface area contributed by atoms with Crippen LogP contribution in [0.25, 0.3) is 10.9 Å². The van der Waals surface area contributed by atoms with Crippen LogP contribution in [0.5, 0.6) is 0 Å². The summed E-state index contributed by atoms with van der Waals surface area (Å²) in [4.78, 5) is 28.4. The number of benzene rings is 2. The highest BCUT2D eigenvalue weighted by atomic mass is 35.5. The summed E-state index contributed by atoms with van der Waals surface area (Å²) in [6.07, 6.45) is 0.0929. The maximum absolute atomic E-state index is 12.9. The number of carbonyl (C=O) groups is 2. The highest BCUT2D eigenvalue weighted by Gasteiger charge is 2.35. The highest BCUT2D eigenvalue weighted by Crippen LogP contribution is 2.37. The number of fused-ring (bicyclic) bond motifs is 1. The van der Waals surface area contributed by atoms with Crippen LogP contribution in [0, 0.1) is 13.8 Å². The van der Waals surface area contributed by atoms with E-state index in [9.17, 15) is 9.59 Å². The molecule has 0 fully saturated rings. The standard InChI is InChI=1S/C24H22ClN3O3/c1-14-4-3-5-16(10-14)20-13-21(28(27-20)22(29)8-9-23(30)31)18-12-17-7-6-15(2)11-19(17)26-24(18)25/h3-7,10-12,21H,8-9,13H2,1-2H3,(H,30,31). The lowest BCUT2D eigenvalue weighted by Gasteiger charge is -2.23. The third-order valence-corrected chi connectivity index (χ3v) is 5.69. The van der Waals surface area contributed by atoms with E-state index >= 15 is 0 Å². The first-order valence-electron chi connectivity index (χ1n) is 10.1. The molecule has 158 valence electrons. The summed E-state index contributed by atoms with van der Waals surface area (Å²) >= 11 is 6.56. The van der Waals surface area contributed by atoms with Crippen molar-refractivity contribution in [2.24, 2.45) is 5.10 Å². The number of halogens is 1. The predicted molar refractivity (Wildman–Crippen MR) is 120 cm³/mol. The summed E-state index contributed by atoms with van der Waals surface area (Å²) in [5.41, 5.74) is 5.35. The second kappa shape index (κ2) is 8.47. The Bertz CT molecular complexity index is 1220. The number of hydrogen-bond donors (Lipinski definition) is 1. The molecule has 0 saturated heterocycles. The van der Waals surface area contributed by atoms with Gasteiger partial charge in [0.2, 0.25) is 5.91 Å². The van der Waals surface area contributed by atoms with Gasteiger partial charge in [-0.2, -0.15) is 5.10 Å². The number of pyridine rings is 1. The first kappa shape index (κ1) is 21.0. The summed E-state index contributed by atoms with van der Waals surface area (Å²) in [5, 5.41) is 16.2. The molecule has 0 radical (unpaired) electrons. The molecule has 0 bridgehead atoms. The maximum Gasteiger partial charge on any atom is 0.303 e. The first-order chi connectivity index (χ1) is 14.8. The van der Waals surface area contributed by atoms with Gasteiger partial charge in [0.05, 0.1) is 23.7 Å². The molecule has 1 amide bonds. The molecule has 6 nitrogen and oxygen atoms in total. The minimum Gasteiger partial charge on any atom is -0.481 e. The molecule has 1 aromatic heterocycles. The zero-order valence-electron chi connectivity index (χ0n) is 17.3. The molecule has 1 atom stereocenters. The molecule has 31 heavy (non-hydrogen) atoms. The Labute approximate surface area is 185 Å². The van der Waals surface area contributed by atoms with Gasteiger partial charge in [0.25, 0.3) is 0 Å². The molecular weight excluding hydrogens is 414 g/mol. The van der Waals surface area contributed by atoms with Gasteiger partial charge in [-0.05, 0) is 37.1 Å². The van der Waals surface area contributed by atoms with Gasteiger partial charge >= 0.3 is 5.97 Å². The van der Waals surface area contributed by atoms with Crippen molar-refractivity contribution in [1.29, 1.82) is 0 Å². The fourth-order valence-electron chi connectivity index (χ4n) is 3.81. The Kier molecular flexibility index (Phi) is 5.74. The fraction of sp³-hybridized carbons (Fsp3) is 0.250. The van der Waals surface area contributed by atoms with Crippen LogP contribution >= 0.6 is 11.6 Å². The number of amides is 1. The molecule has 4 rings (SSSR count). The van der Waals surface area contributed by atoms with E-state index in [1.165, 1.54) is 5.01 Å². The van der Waals surface area contributed by atoms with Gasteiger partial charge in [-0.15, -0.1) is 0 Å². The van der Waals surface area contributed by atoms with Crippen LogP contribution in [0.3, 0.4) is 0 Å². The van der Waals surface area contributed by atoms with Crippen LogP contribution in [0.15, 0.2) is 53.6 Å². The molecule has 0 aliphatic carbocycles. The lowest BCUT2D eigenvalue weighted by atomic mass is 9.97. The van der Waals surface area contributed by atoms with E-state index in [2.05, 4.69) is 10.1 Å².